The van der Waals surface area contributed by atoms with Crippen LogP contribution < -0.4 is 14.4 Å². The first kappa shape index (κ1) is 27.7. The number of fused-ring (bicyclic) bond motifs is 1. The van der Waals surface area contributed by atoms with Crippen molar-refractivity contribution in [3.8, 4) is 5.75 Å². The highest BCUT2D eigenvalue weighted by molar-refractivity contribution is 7.92. The van der Waals surface area contributed by atoms with Gasteiger partial charge in [0.1, 0.15) is 5.75 Å². The summed E-state index contributed by atoms with van der Waals surface area (Å²) in [6, 6.07) is 18.7. The van der Waals surface area contributed by atoms with Gasteiger partial charge >= 0.3 is 0 Å². The topological polar surface area (TPSA) is 75.7 Å². The van der Waals surface area contributed by atoms with E-state index in [2.05, 4.69) is 58.1 Å². The van der Waals surface area contributed by atoms with Gasteiger partial charge in [0.25, 0.3) is 15.9 Å². The lowest BCUT2D eigenvalue weighted by molar-refractivity contribution is -0.127. The lowest BCUT2D eigenvalue weighted by atomic mass is 9.86. The number of nitrogens with zero attached hydrogens (tertiary/aromatic N) is 1. The normalized spacial score (nSPS) is 15.5. The summed E-state index contributed by atoms with van der Waals surface area (Å²) >= 11 is 0. The molecule has 0 aliphatic carbocycles. The summed E-state index contributed by atoms with van der Waals surface area (Å²) in [6.07, 6.45) is 0.791. The Morgan fingerprint density at radius 3 is 2.32 bits per heavy atom. The van der Waals surface area contributed by atoms with Crippen molar-refractivity contribution in [1.82, 2.24) is 5.32 Å². The van der Waals surface area contributed by atoms with E-state index in [0.717, 1.165) is 29.5 Å². The van der Waals surface area contributed by atoms with Crippen LogP contribution in [0.1, 0.15) is 62.4 Å². The lowest BCUT2D eigenvalue weighted by Gasteiger charge is -2.36. The molecule has 0 saturated heterocycles. The molecule has 3 aromatic rings. The molecule has 0 saturated carbocycles. The number of ether oxygens (including phenoxy) is 1. The minimum atomic E-state index is -3.93. The van der Waals surface area contributed by atoms with Crippen LogP contribution in [-0.4, -0.2) is 27.0 Å². The highest BCUT2D eigenvalue weighted by Crippen LogP contribution is 2.40. The molecule has 1 aliphatic heterocycles. The van der Waals surface area contributed by atoms with E-state index >= 15 is 0 Å². The lowest BCUT2D eigenvalue weighted by Crippen LogP contribution is -2.50. The first-order chi connectivity index (χ1) is 17.9. The molecule has 0 radical (unpaired) electrons. The van der Waals surface area contributed by atoms with Crippen LogP contribution >= 0.6 is 0 Å². The predicted molar refractivity (Wildman–Crippen MR) is 152 cm³/mol. The van der Waals surface area contributed by atoms with Gasteiger partial charge in [-0.1, -0.05) is 76.6 Å². The summed E-state index contributed by atoms with van der Waals surface area (Å²) in [5, 5.41) is 2.99. The Labute approximate surface area is 227 Å². The van der Waals surface area contributed by atoms with E-state index in [-0.39, 0.29) is 22.8 Å². The molecule has 6 nitrogen and oxygen atoms in total. The standard InChI is InChI=1S/C31H38N2O4S/c1-7-22-11-12-23(8-2)24(17-22)19-32-30(34)29-20-33(38(35,36)26-14-9-21(3)10-15-26)27-18-25(31(4,5)6)13-16-28(27)37-29/h9-18,29H,7-8,19-20H2,1-6H3,(H,32,34)/t29-/m0/s1. The van der Waals surface area contributed by atoms with Crippen molar-refractivity contribution in [1.29, 1.82) is 0 Å². The number of nitrogens with one attached hydrogen (secondary N) is 1. The molecular formula is C31H38N2O4S. The molecule has 1 amide bonds. The van der Waals surface area contributed by atoms with Gasteiger partial charge in [-0.2, -0.15) is 0 Å². The molecule has 0 spiro atoms. The van der Waals surface area contributed by atoms with Crippen molar-refractivity contribution in [2.24, 2.45) is 0 Å². The fourth-order valence-electron chi connectivity index (χ4n) is 4.62. The number of carbonyl (C=O) groups excluding carboxylic acids is 1. The second-order valence-corrected chi connectivity index (χ2v) is 12.8. The fraction of sp³-hybridized carbons (Fsp3) is 0.387. The fourth-order valence-corrected chi connectivity index (χ4v) is 6.09. The van der Waals surface area contributed by atoms with Crippen LogP contribution in [0.25, 0.3) is 0 Å². The Hall–Kier alpha value is -3.32. The van der Waals surface area contributed by atoms with Crippen molar-refractivity contribution >= 4 is 21.6 Å². The molecule has 0 fully saturated rings. The highest BCUT2D eigenvalue weighted by atomic mass is 32.2. The average Bonchev–Trinajstić information content (AvgIpc) is 2.90. The van der Waals surface area contributed by atoms with Crippen molar-refractivity contribution in [3.63, 3.8) is 0 Å². The first-order valence-corrected chi connectivity index (χ1v) is 14.7. The van der Waals surface area contributed by atoms with Crippen molar-refractivity contribution in [2.75, 3.05) is 10.8 Å². The molecule has 0 bridgehead atoms. The summed E-state index contributed by atoms with van der Waals surface area (Å²) < 4.78 is 35.2. The third-order valence-corrected chi connectivity index (χ3v) is 8.90. The molecule has 7 heteroatoms. The van der Waals surface area contributed by atoms with Crippen LogP contribution in [0.2, 0.25) is 0 Å². The maximum Gasteiger partial charge on any atom is 0.264 e. The van der Waals surface area contributed by atoms with Crippen LogP contribution in [0.3, 0.4) is 0 Å². The van der Waals surface area contributed by atoms with Gasteiger partial charge in [-0.15, -0.1) is 0 Å². The number of carbonyl (C=O) groups is 1. The van der Waals surface area contributed by atoms with Gasteiger partial charge in [0.05, 0.1) is 17.1 Å². The molecule has 4 rings (SSSR count). The van der Waals surface area contributed by atoms with Gasteiger partial charge in [0.2, 0.25) is 0 Å². The molecule has 1 atom stereocenters. The third kappa shape index (κ3) is 5.73. The number of aryl methyl sites for hydroxylation is 3. The quantitative estimate of drug-likeness (QED) is 0.423. The largest absolute Gasteiger partial charge is 0.476 e. The molecule has 0 unspecified atom stereocenters. The van der Waals surface area contributed by atoms with Crippen LogP contribution in [0.4, 0.5) is 5.69 Å². The second-order valence-electron chi connectivity index (χ2n) is 10.9. The Bertz CT molecular complexity index is 1420. The molecule has 0 aromatic heterocycles. The molecule has 1 N–H and O–H groups in total. The first-order valence-electron chi connectivity index (χ1n) is 13.2. The monoisotopic (exact) mass is 534 g/mol. The van der Waals surface area contributed by atoms with E-state index in [4.69, 9.17) is 4.74 Å². The van der Waals surface area contributed by atoms with Crippen LogP contribution in [0.15, 0.2) is 65.6 Å². The summed E-state index contributed by atoms with van der Waals surface area (Å²) in [5.41, 5.74) is 5.66. The van der Waals surface area contributed by atoms with Crippen molar-refractivity contribution in [3.05, 3.63) is 88.5 Å². The zero-order valence-corrected chi connectivity index (χ0v) is 24.0. The summed E-state index contributed by atoms with van der Waals surface area (Å²) in [6.45, 7) is 12.6. The maximum absolute atomic E-state index is 13.9. The van der Waals surface area contributed by atoms with E-state index in [1.807, 2.05) is 19.1 Å². The van der Waals surface area contributed by atoms with Gasteiger partial charge in [0.15, 0.2) is 6.10 Å². The molecule has 1 aliphatic rings. The Balaban J connectivity index is 1.67. The van der Waals surface area contributed by atoms with E-state index in [0.29, 0.717) is 18.0 Å². The number of rotatable bonds is 7. The van der Waals surface area contributed by atoms with Gasteiger partial charge in [0, 0.05) is 6.54 Å². The molecule has 38 heavy (non-hydrogen) atoms. The number of hydrogen-bond donors (Lipinski definition) is 1. The number of anilines is 1. The van der Waals surface area contributed by atoms with E-state index in [9.17, 15) is 13.2 Å². The number of hydrogen-bond acceptors (Lipinski definition) is 4. The minimum Gasteiger partial charge on any atom is -0.476 e. The van der Waals surface area contributed by atoms with E-state index in [1.165, 1.54) is 15.4 Å². The molecule has 3 aromatic carbocycles. The minimum absolute atomic E-state index is 0.113. The summed E-state index contributed by atoms with van der Waals surface area (Å²) in [7, 11) is -3.93. The Morgan fingerprint density at radius 2 is 1.68 bits per heavy atom. The van der Waals surface area contributed by atoms with E-state index in [1.54, 1.807) is 30.3 Å². The van der Waals surface area contributed by atoms with E-state index < -0.39 is 16.1 Å². The number of benzene rings is 3. The zero-order chi connectivity index (χ0) is 27.7. The Kier molecular flexibility index (Phi) is 7.88. The van der Waals surface area contributed by atoms with Gasteiger partial charge in [-0.3, -0.25) is 9.10 Å². The van der Waals surface area contributed by atoms with Crippen LogP contribution in [0, 0.1) is 6.92 Å². The number of sulfonamides is 1. The predicted octanol–water partition coefficient (Wildman–Crippen LogP) is 5.69. The average molecular weight is 535 g/mol. The Morgan fingerprint density at radius 1 is 0.974 bits per heavy atom. The van der Waals surface area contributed by atoms with Crippen LogP contribution in [-0.2, 0) is 39.6 Å². The second kappa shape index (κ2) is 10.8. The van der Waals surface area contributed by atoms with Gasteiger partial charge < -0.3 is 10.1 Å². The van der Waals surface area contributed by atoms with Gasteiger partial charge in [-0.25, -0.2) is 8.42 Å². The van der Waals surface area contributed by atoms with Crippen molar-refractivity contribution < 1.29 is 17.9 Å². The summed E-state index contributed by atoms with van der Waals surface area (Å²) in [4.78, 5) is 13.5. The van der Waals surface area contributed by atoms with Crippen LogP contribution in [0.5, 0.6) is 5.75 Å². The third-order valence-electron chi connectivity index (χ3n) is 7.11. The maximum atomic E-state index is 13.9. The molecular weight excluding hydrogens is 496 g/mol. The zero-order valence-electron chi connectivity index (χ0n) is 23.2. The van der Waals surface area contributed by atoms with Gasteiger partial charge in [-0.05, 0) is 71.7 Å². The SMILES string of the molecule is CCc1ccc(CC)c(CNC(=O)[C@@H]2CN(S(=O)(=O)c3ccc(C)cc3)c3cc(C(C)(C)C)ccc3O2)c1. The van der Waals surface area contributed by atoms with Crippen molar-refractivity contribution in [2.45, 2.75) is 77.3 Å². The smallest absolute Gasteiger partial charge is 0.264 e. The molecule has 202 valence electrons. The summed E-state index contributed by atoms with van der Waals surface area (Å²) in [5.74, 6) is 0.0333. The molecule has 1 heterocycles. The highest BCUT2D eigenvalue weighted by Gasteiger charge is 2.38. The number of amides is 1.